The third kappa shape index (κ3) is 2.91. The van der Waals surface area contributed by atoms with Crippen LogP contribution in [0.2, 0.25) is 0 Å². The van der Waals surface area contributed by atoms with E-state index in [1.807, 2.05) is 31.2 Å². The molecule has 2 aromatic carbocycles. The fourth-order valence-electron chi connectivity index (χ4n) is 3.21. The van der Waals surface area contributed by atoms with Gasteiger partial charge in [-0.05, 0) is 28.3 Å². The zero-order chi connectivity index (χ0) is 16.6. The van der Waals surface area contributed by atoms with E-state index in [0.29, 0.717) is 12.0 Å². The normalized spacial score (nSPS) is 17.5. The Morgan fingerprint density at radius 1 is 1.22 bits per heavy atom. The number of hydrazine groups is 1. The highest BCUT2D eigenvalue weighted by Crippen LogP contribution is 2.41. The molecular weight excluding hydrogens is 305 g/mol. The van der Waals surface area contributed by atoms with Gasteiger partial charge in [0.25, 0.3) is 0 Å². The zero-order valence-corrected chi connectivity index (χ0v) is 12.7. The number of carbonyl (C=O) groups is 1. The number of alkyl halides is 3. The molecule has 1 amide bonds. The molecule has 122 valence electrons. The molecule has 1 heterocycles. The van der Waals surface area contributed by atoms with Crippen molar-refractivity contribution in [3.8, 4) is 0 Å². The van der Waals surface area contributed by atoms with E-state index in [9.17, 15) is 18.0 Å². The van der Waals surface area contributed by atoms with Crippen molar-refractivity contribution in [3.05, 3.63) is 47.5 Å². The molecule has 2 aromatic rings. The number of carbonyl (C=O) groups excluding carboxylic acids is 1. The van der Waals surface area contributed by atoms with Crippen LogP contribution in [0.15, 0.2) is 36.4 Å². The maximum atomic E-state index is 13.7. The van der Waals surface area contributed by atoms with Crippen molar-refractivity contribution in [2.24, 2.45) is 0 Å². The molecule has 1 N–H and O–H groups in total. The van der Waals surface area contributed by atoms with Crippen LogP contribution < -0.4 is 5.43 Å². The van der Waals surface area contributed by atoms with E-state index in [1.54, 1.807) is 6.07 Å². The molecular formula is C17H17F3N2O. The summed E-state index contributed by atoms with van der Waals surface area (Å²) < 4.78 is 41.1. The summed E-state index contributed by atoms with van der Waals surface area (Å²) in [4.78, 5) is 11.4. The summed E-state index contributed by atoms with van der Waals surface area (Å²) in [6.07, 6.45) is -3.89. The third-order valence-corrected chi connectivity index (χ3v) is 4.19. The Morgan fingerprint density at radius 3 is 2.57 bits per heavy atom. The smallest absolute Gasteiger partial charge is 0.288 e. The molecule has 1 aliphatic rings. The number of halogens is 3. The lowest BCUT2D eigenvalue weighted by Crippen LogP contribution is -2.44. The topological polar surface area (TPSA) is 32.3 Å². The van der Waals surface area contributed by atoms with Gasteiger partial charge in [0.15, 0.2) is 0 Å². The minimum absolute atomic E-state index is 0.0546. The zero-order valence-electron chi connectivity index (χ0n) is 12.7. The maximum Gasteiger partial charge on any atom is 0.409 e. The summed E-state index contributed by atoms with van der Waals surface area (Å²) in [5.74, 6) is -0.377. The predicted molar refractivity (Wildman–Crippen MR) is 81.6 cm³/mol. The molecule has 0 bridgehead atoms. The lowest BCUT2D eigenvalue weighted by Gasteiger charge is -2.31. The third-order valence-electron chi connectivity index (χ3n) is 4.19. The molecule has 3 rings (SSSR count). The van der Waals surface area contributed by atoms with E-state index >= 15 is 0 Å². The maximum absolute atomic E-state index is 13.7. The van der Waals surface area contributed by atoms with Gasteiger partial charge >= 0.3 is 6.18 Å². The van der Waals surface area contributed by atoms with Crippen LogP contribution >= 0.6 is 0 Å². The van der Waals surface area contributed by atoms with Crippen LogP contribution in [-0.2, 0) is 11.2 Å². The largest absolute Gasteiger partial charge is 0.409 e. The number of amides is 1. The Kier molecular flexibility index (Phi) is 4.02. The molecule has 0 spiro atoms. The number of aryl methyl sites for hydroxylation is 1. The number of nitrogens with zero attached hydrogens (tertiary/aromatic N) is 1. The number of hydrogen-bond donors (Lipinski definition) is 1. The average molecular weight is 322 g/mol. The lowest BCUT2D eigenvalue weighted by atomic mass is 9.92. The van der Waals surface area contributed by atoms with Gasteiger partial charge < -0.3 is 0 Å². The number of rotatable bonds is 3. The van der Waals surface area contributed by atoms with E-state index in [2.05, 4.69) is 5.43 Å². The summed E-state index contributed by atoms with van der Waals surface area (Å²) in [5, 5.41) is 2.75. The van der Waals surface area contributed by atoms with Crippen molar-refractivity contribution in [3.63, 3.8) is 0 Å². The molecule has 3 nitrogen and oxygen atoms in total. The quantitative estimate of drug-likeness (QED) is 0.933. The second-order valence-corrected chi connectivity index (χ2v) is 5.63. The number of benzene rings is 2. The Balaban J connectivity index is 2.16. The van der Waals surface area contributed by atoms with Crippen LogP contribution in [0.5, 0.6) is 0 Å². The standard InChI is InChI=1S/C17H17F3N2O/c1-2-12-13-6-4-3-5-11(13)7-8-14(12)16(17(18,19)20)22-10-9-15(23)21-22/h3-8,16H,2,9-10H2,1H3,(H,21,23). The first-order valence-corrected chi connectivity index (χ1v) is 7.55. The number of hydrogen-bond acceptors (Lipinski definition) is 2. The summed E-state index contributed by atoms with van der Waals surface area (Å²) in [6, 6.07) is 8.83. The monoisotopic (exact) mass is 322 g/mol. The Bertz CT molecular complexity index is 742. The fourth-order valence-corrected chi connectivity index (χ4v) is 3.21. The van der Waals surface area contributed by atoms with E-state index in [1.165, 1.54) is 6.07 Å². The van der Waals surface area contributed by atoms with Gasteiger partial charge in [0, 0.05) is 13.0 Å². The van der Waals surface area contributed by atoms with Crippen LogP contribution in [0.4, 0.5) is 13.2 Å². The summed E-state index contributed by atoms with van der Waals surface area (Å²) >= 11 is 0. The van der Waals surface area contributed by atoms with E-state index in [4.69, 9.17) is 0 Å². The summed E-state index contributed by atoms with van der Waals surface area (Å²) in [7, 11) is 0. The molecule has 1 aliphatic heterocycles. The SMILES string of the molecule is CCc1c(C(N2CCC(=O)N2)C(F)(F)F)ccc2ccccc12. The van der Waals surface area contributed by atoms with Gasteiger partial charge in [0.05, 0.1) is 0 Å². The number of fused-ring (bicyclic) bond motifs is 1. The van der Waals surface area contributed by atoms with Crippen LogP contribution in [0.25, 0.3) is 10.8 Å². The molecule has 0 radical (unpaired) electrons. The van der Waals surface area contributed by atoms with Gasteiger partial charge in [0.2, 0.25) is 5.91 Å². The van der Waals surface area contributed by atoms with E-state index < -0.39 is 12.2 Å². The second-order valence-electron chi connectivity index (χ2n) is 5.63. The summed E-state index contributed by atoms with van der Waals surface area (Å²) in [5.41, 5.74) is 3.21. The highest BCUT2D eigenvalue weighted by molar-refractivity contribution is 5.87. The highest BCUT2D eigenvalue weighted by atomic mass is 19.4. The predicted octanol–water partition coefficient (Wildman–Crippen LogP) is 3.74. The highest BCUT2D eigenvalue weighted by Gasteiger charge is 2.47. The van der Waals surface area contributed by atoms with Gasteiger partial charge in [0.1, 0.15) is 6.04 Å². The van der Waals surface area contributed by atoms with Crippen LogP contribution in [0.1, 0.15) is 30.5 Å². The first-order valence-electron chi connectivity index (χ1n) is 7.55. The Labute approximate surface area is 132 Å². The van der Waals surface area contributed by atoms with E-state index in [-0.39, 0.29) is 24.4 Å². The number of nitrogens with one attached hydrogen (secondary N) is 1. The molecule has 1 unspecified atom stereocenters. The lowest BCUT2D eigenvalue weighted by molar-refractivity contribution is -0.191. The van der Waals surface area contributed by atoms with Crippen molar-refractivity contribution < 1.29 is 18.0 Å². The molecule has 23 heavy (non-hydrogen) atoms. The first kappa shape index (κ1) is 15.8. The molecule has 0 aliphatic carbocycles. The van der Waals surface area contributed by atoms with E-state index in [0.717, 1.165) is 15.8 Å². The summed E-state index contributed by atoms with van der Waals surface area (Å²) in [6.45, 7) is 1.90. The van der Waals surface area contributed by atoms with Crippen molar-refractivity contribution in [1.29, 1.82) is 0 Å². The molecule has 0 aromatic heterocycles. The fraction of sp³-hybridized carbons (Fsp3) is 0.353. The van der Waals surface area contributed by atoms with Crippen molar-refractivity contribution in [2.45, 2.75) is 32.0 Å². The van der Waals surface area contributed by atoms with Crippen LogP contribution in [0.3, 0.4) is 0 Å². The van der Waals surface area contributed by atoms with Gasteiger partial charge in [-0.2, -0.15) is 13.2 Å². The second kappa shape index (κ2) is 5.85. The minimum Gasteiger partial charge on any atom is -0.288 e. The molecule has 1 fully saturated rings. The molecule has 1 atom stereocenters. The first-order chi connectivity index (χ1) is 10.9. The van der Waals surface area contributed by atoms with Crippen molar-refractivity contribution >= 4 is 16.7 Å². The van der Waals surface area contributed by atoms with Crippen molar-refractivity contribution in [1.82, 2.24) is 10.4 Å². The van der Waals surface area contributed by atoms with Gasteiger partial charge in [-0.15, -0.1) is 0 Å². The Morgan fingerprint density at radius 2 is 1.96 bits per heavy atom. The van der Waals surface area contributed by atoms with Gasteiger partial charge in [-0.25, -0.2) is 5.01 Å². The Hall–Kier alpha value is -2.08. The molecule has 0 saturated carbocycles. The van der Waals surface area contributed by atoms with Crippen LogP contribution in [0, 0.1) is 0 Å². The molecule has 6 heteroatoms. The average Bonchev–Trinajstić information content (AvgIpc) is 2.91. The van der Waals surface area contributed by atoms with Gasteiger partial charge in [-0.3, -0.25) is 10.2 Å². The molecule has 1 saturated heterocycles. The van der Waals surface area contributed by atoms with Gasteiger partial charge in [-0.1, -0.05) is 43.3 Å². The van der Waals surface area contributed by atoms with Crippen molar-refractivity contribution in [2.75, 3.05) is 6.54 Å². The minimum atomic E-state index is -4.47. The van der Waals surface area contributed by atoms with Crippen LogP contribution in [-0.4, -0.2) is 23.6 Å².